The van der Waals surface area contributed by atoms with Crippen molar-refractivity contribution in [2.24, 2.45) is 0 Å². The number of esters is 1. The summed E-state index contributed by atoms with van der Waals surface area (Å²) >= 11 is 1.04. The van der Waals surface area contributed by atoms with Gasteiger partial charge in [0.25, 0.3) is 5.91 Å². The Morgan fingerprint density at radius 3 is 2.42 bits per heavy atom. The van der Waals surface area contributed by atoms with E-state index in [0.717, 1.165) is 17.6 Å². The number of furan rings is 1. The van der Waals surface area contributed by atoms with Gasteiger partial charge in [-0.1, -0.05) is 23.5 Å². The van der Waals surface area contributed by atoms with E-state index in [9.17, 15) is 27.9 Å². The van der Waals surface area contributed by atoms with Gasteiger partial charge in [-0.05, 0) is 55.0 Å². The Kier molecular flexibility index (Phi) is 6.16. The average Bonchev–Trinajstić information content (AvgIpc) is 3.54. The first-order valence-corrected chi connectivity index (χ1v) is 13.9. The number of thiazole rings is 1. The molecule has 1 aliphatic rings. The molecular formula is C26H20N2O8S2. The number of fused-ring (bicyclic) bond motifs is 1. The molecule has 0 spiro atoms. The number of ether oxygens (including phenoxy) is 1. The van der Waals surface area contributed by atoms with Gasteiger partial charge in [-0.2, -0.15) is 0 Å². The van der Waals surface area contributed by atoms with E-state index in [1.807, 2.05) is 0 Å². The van der Waals surface area contributed by atoms with Gasteiger partial charge in [-0.3, -0.25) is 19.3 Å². The summed E-state index contributed by atoms with van der Waals surface area (Å²) in [4.78, 5) is 44.0. The third-order valence-corrected chi connectivity index (χ3v) is 7.98. The number of aromatic nitrogens is 1. The largest absolute Gasteiger partial charge is 0.503 e. The lowest BCUT2D eigenvalue weighted by Crippen LogP contribution is -2.30. The van der Waals surface area contributed by atoms with Crippen LogP contribution >= 0.6 is 11.3 Å². The second kappa shape index (κ2) is 9.23. The summed E-state index contributed by atoms with van der Waals surface area (Å²) in [6.07, 6.45) is 1.09. The number of hydrogen-bond acceptors (Lipinski definition) is 10. The number of amides is 1. The van der Waals surface area contributed by atoms with Gasteiger partial charge in [0.05, 0.1) is 26.7 Å². The van der Waals surface area contributed by atoms with Crippen molar-refractivity contribution in [3.8, 4) is 5.75 Å². The molecule has 1 N–H and O–H groups in total. The number of rotatable bonds is 6. The van der Waals surface area contributed by atoms with Crippen LogP contribution in [0.15, 0.2) is 75.2 Å². The maximum absolute atomic E-state index is 13.5. The summed E-state index contributed by atoms with van der Waals surface area (Å²) in [5, 5.41) is 11.1. The van der Waals surface area contributed by atoms with Crippen LogP contribution in [0, 0.1) is 6.92 Å². The van der Waals surface area contributed by atoms with Crippen molar-refractivity contribution in [3.63, 3.8) is 0 Å². The number of aryl methyl sites for hydroxylation is 1. The average molecular weight is 553 g/mol. The highest BCUT2D eigenvalue weighted by atomic mass is 32.2. The predicted molar refractivity (Wildman–Crippen MR) is 138 cm³/mol. The Hall–Kier alpha value is -4.29. The molecular weight excluding hydrogens is 532 g/mol. The maximum atomic E-state index is 13.5. The zero-order valence-electron chi connectivity index (χ0n) is 20.3. The standard InChI is InChI=1S/C26H20N2O8S2/c1-13-4-11-19(35-13)23(30)21-22(15-5-7-16(8-6-15)36-14(2)29)28(25(32)24(21)31)26-27-18-10-9-17(38(3,33)34)12-20(18)37-26/h4-12,22,31H,1-3H3. The number of aliphatic hydroxyl groups excluding tert-OH is 1. The molecule has 0 aliphatic carbocycles. The molecule has 3 heterocycles. The van der Waals surface area contributed by atoms with Gasteiger partial charge in [0.15, 0.2) is 26.5 Å². The van der Waals surface area contributed by atoms with Gasteiger partial charge in [-0.15, -0.1) is 0 Å². The number of aliphatic hydroxyl groups is 1. The quantitative estimate of drug-likeness (QED) is 0.210. The van der Waals surface area contributed by atoms with Gasteiger partial charge >= 0.3 is 5.97 Å². The molecule has 4 aromatic rings. The summed E-state index contributed by atoms with van der Waals surface area (Å²) in [6, 6.07) is 12.5. The molecule has 12 heteroatoms. The highest BCUT2D eigenvalue weighted by Crippen LogP contribution is 2.44. The number of hydrogen-bond donors (Lipinski definition) is 1. The summed E-state index contributed by atoms with van der Waals surface area (Å²) in [5.41, 5.74) is 0.664. The molecule has 0 saturated heterocycles. The lowest BCUT2D eigenvalue weighted by molar-refractivity contribution is -0.131. The molecule has 38 heavy (non-hydrogen) atoms. The SMILES string of the molecule is CC(=O)Oc1ccc(C2C(C(=O)c3ccc(C)o3)=C(O)C(=O)N2c2nc3ccc(S(C)(=O)=O)cc3s2)cc1. The van der Waals surface area contributed by atoms with Crippen LogP contribution in [0.1, 0.15) is 34.8 Å². The van der Waals surface area contributed by atoms with E-state index in [0.29, 0.717) is 21.5 Å². The van der Waals surface area contributed by atoms with Crippen molar-refractivity contribution in [1.82, 2.24) is 4.98 Å². The first-order chi connectivity index (χ1) is 17.9. The van der Waals surface area contributed by atoms with Gasteiger partial charge in [0.1, 0.15) is 11.5 Å². The molecule has 5 rings (SSSR count). The molecule has 194 valence electrons. The van der Waals surface area contributed by atoms with Crippen LogP contribution in [-0.4, -0.2) is 42.4 Å². The van der Waals surface area contributed by atoms with Crippen LogP contribution < -0.4 is 9.64 Å². The second-order valence-electron chi connectivity index (χ2n) is 8.64. The topological polar surface area (TPSA) is 144 Å². The number of nitrogens with zero attached hydrogens (tertiary/aromatic N) is 2. The number of Topliss-reactive ketones (excluding diaryl/α,β-unsaturated/α-hetero) is 1. The van der Waals surface area contributed by atoms with Gasteiger partial charge in [-0.25, -0.2) is 13.4 Å². The Morgan fingerprint density at radius 2 is 1.82 bits per heavy atom. The molecule has 0 radical (unpaired) electrons. The zero-order chi connectivity index (χ0) is 27.4. The minimum Gasteiger partial charge on any atom is -0.503 e. The van der Waals surface area contributed by atoms with Crippen molar-refractivity contribution >= 4 is 54.2 Å². The Balaban J connectivity index is 1.65. The number of sulfone groups is 1. The minimum absolute atomic E-state index is 0.0534. The predicted octanol–water partition coefficient (Wildman–Crippen LogP) is 4.31. The molecule has 2 aromatic heterocycles. The summed E-state index contributed by atoms with van der Waals surface area (Å²) in [6.45, 7) is 2.92. The van der Waals surface area contributed by atoms with E-state index in [-0.39, 0.29) is 27.1 Å². The van der Waals surface area contributed by atoms with E-state index in [1.54, 1.807) is 25.1 Å². The highest BCUT2D eigenvalue weighted by Gasteiger charge is 2.46. The Labute approximate surface area is 220 Å². The number of ketones is 1. The highest BCUT2D eigenvalue weighted by molar-refractivity contribution is 7.90. The van der Waals surface area contributed by atoms with Crippen molar-refractivity contribution in [2.75, 3.05) is 11.2 Å². The monoisotopic (exact) mass is 552 g/mol. The first kappa shape index (κ1) is 25.4. The van der Waals surface area contributed by atoms with E-state index in [1.165, 1.54) is 48.2 Å². The van der Waals surface area contributed by atoms with Crippen LogP contribution in [0.25, 0.3) is 10.2 Å². The first-order valence-electron chi connectivity index (χ1n) is 11.2. The van der Waals surface area contributed by atoms with Crippen molar-refractivity contribution in [3.05, 3.63) is 83.0 Å². The normalized spacial score (nSPS) is 15.9. The van der Waals surface area contributed by atoms with Crippen molar-refractivity contribution < 1.29 is 37.1 Å². The molecule has 0 bridgehead atoms. The van der Waals surface area contributed by atoms with Crippen molar-refractivity contribution in [1.29, 1.82) is 0 Å². The fourth-order valence-electron chi connectivity index (χ4n) is 4.15. The van der Waals surface area contributed by atoms with Crippen LogP contribution in [0.3, 0.4) is 0 Å². The smallest absolute Gasteiger partial charge is 0.308 e. The molecule has 10 nitrogen and oxygen atoms in total. The summed E-state index contributed by atoms with van der Waals surface area (Å²) in [5.74, 6) is -2.12. The van der Waals surface area contributed by atoms with Gasteiger partial charge < -0.3 is 14.3 Å². The van der Waals surface area contributed by atoms with E-state index < -0.39 is 39.3 Å². The number of carbonyl (C=O) groups is 3. The Morgan fingerprint density at radius 1 is 1.11 bits per heavy atom. The molecule has 1 aliphatic heterocycles. The molecule has 1 unspecified atom stereocenters. The van der Waals surface area contributed by atoms with Gasteiger partial charge in [0, 0.05) is 13.2 Å². The lowest BCUT2D eigenvalue weighted by Gasteiger charge is -2.24. The van der Waals surface area contributed by atoms with E-state index in [2.05, 4.69) is 4.98 Å². The number of carbonyl (C=O) groups excluding carboxylic acids is 3. The zero-order valence-corrected chi connectivity index (χ0v) is 21.9. The van der Waals surface area contributed by atoms with Crippen molar-refractivity contribution in [2.45, 2.75) is 24.8 Å². The second-order valence-corrected chi connectivity index (χ2v) is 11.7. The summed E-state index contributed by atoms with van der Waals surface area (Å²) in [7, 11) is -3.48. The van der Waals surface area contributed by atoms with Crippen LogP contribution in [0.4, 0.5) is 5.13 Å². The minimum atomic E-state index is -3.48. The fraction of sp³-hybridized carbons (Fsp3) is 0.154. The maximum Gasteiger partial charge on any atom is 0.308 e. The van der Waals surface area contributed by atoms with Gasteiger partial charge in [0.2, 0.25) is 5.78 Å². The number of anilines is 1. The third-order valence-electron chi connectivity index (χ3n) is 5.86. The van der Waals surface area contributed by atoms with E-state index in [4.69, 9.17) is 9.15 Å². The number of benzene rings is 2. The van der Waals surface area contributed by atoms with Crippen LogP contribution in [-0.2, 0) is 19.4 Å². The molecule has 1 amide bonds. The van der Waals surface area contributed by atoms with E-state index >= 15 is 0 Å². The molecule has 0 saturated carbocycles. The van der Waals surface area contributed by atoms with Crippen LogP contribution in [0.5, 0.6) is 5.75 Å². The molecule has 2 aromatic carbocycles. The lowest BCUT2D eigenvalue weighted by atomic mass is 9.95. The van der Waals surface area contributed by atoms with Crippen LogP contribution in [0.2, 0.25) is 0 Å². The Bertz CT molecular complexity index is 1760. The molecule has 1 atom stereocenters. The summed E-state index contributed by atoms with van der Waals surface area (Å²) < 4.78 is 35.1. The molecule has 0 fully saturated rings. The fourth-order valence-corrected chi connectivity index (χ4v) is 5.90. The third kappa shape index (κ3) is 4.48.